The fourth-order valence-corrected chi connectivity index (χ4v) is 2.04. The second-order valence-electron chi connectivity index (χ2n) is 5.18. The van der Waals surface area contributed by atoms with Crippen LogP contribution in [0.2, 0.25) is 0 Å². The number of aliphatic hydroxyl groups excluding tert-OH is 1. The first-order valence-corrected chi connectivity index (χ1v) is 6.40. The molecule has 0 aliphatic carbocycles. The molecule has 0 fully saturated rings. The molecule has 0 aliphatic rings. The Labute approximate surface area is 115 Å². The van der Waals surface area contributed by atoms with Crippen molar-refractivity contribution in [3.63, 3.8) is 0 Å². The van der Waals surface area contributed by atoms with Gasteiger partial charge in [0.15, 0.2) is 6.10 Å². The largest absolute Gasteiger partial charge is 0.481 e. The highest BCUT2D eigenvalue weighted by molar-refractivity contribution is 5.79. The fraction of sp³-hybridized carbons (Fsp3) is 0.846. The van der Waals surface area contributed by atoms with Crippen LogP contribution >= 0.6 is 0 Å². The van der Waals surface area contributed by atoms with Gasteiger partial charge in [-0.2, -0.15) is 0 Å². The van der Waals surface area contributed by atoms with Crippen LogP contribution in [0.5, 0.6) is 0 Å². The van der Waals surface area contributed by atoms with Crippen molar-refractivity contribution < 1.29 is 24.9 Å². The summed E-state index contributed by atoms with van der Waals surface area (Å²) < 4.78 is 0. The number of carbonyl (C=O) groups is 2. The molecule has 0 rings (SSSR count). The number of carboxylic acid groups (broad SMARTS) is 2. The summed E-state index contributed by atoms with van der Waals surface area (Å²) in [6.45, 7) is 13.5. The van der Waals surface area contributed by atoms with Crippen molar-refractivity contribution in [2.24, 2.45) is 0 Å². The van der Waals surface area contributed by atoms with Gasteiger partial charge in [0.1, 0.15) is 0 Å². The molecule has 3 N–H and O–H groups in total. The number of nitrogens with zero attached hydrogens (tertiary/aromatic N) is 1. The molecule has 19 heavy (non-hydrogen) atoms. The van der Waals surface area contributed by atoms with Crippen LogP contribution in [-0.4, -0.2) is 56.4 Å². The molecule has 0 radical (unpaired) electrons. The van der Waals surface area contributed by atoms with E-state index >= 15 is 0 Å². The molecule has 0 heterocycles. The molecule has 0 saturated carbocycles. The number of aliphatic carboxylic acids is 2. The van der Waals surface area contributed by atoms with E-state index in [0.29, 0.717) is 18.1 Å². The zero-order valence-electron chi connectivity index (χ0n) is 12.6. The highest BCUT2D eigenvalue weighted by Gasteiger charge is 2.16. The quantitative estimate of drug-likeness (QED) is 0.679. The van der Waals surface area contributed by atoms with Crippen LogP contribution < -0.4 is 0 Å². The maximum absolute atomic E-state index is 9.72. The van der Waals surface area contributed by atoms with Crippen molar-refractivity contribution in [2.75, 3.05) is 0 Å². The van der Waals surface area contributed by atoms with Crippen LogP contribution in [0, 0.1) is 0 Å². The maximum Gasteiger partial charge on any atom is 0.333 e. The van der Waals surface area contributed by atoms with Gasteiger partial charge >= 0.3 is 11.9 Å². The van der Waals surface area contributed by atoms with Crippen molar-refractivity contribution in [3.05, 3.63) is 0 Å². The molecule has 0 aromatic carbocycles. The van der Waals surface area contributed by atoms with Gasteiger partial charge < -0.3 is 15.3 Å². The van der Waals surface area contributed by atoms with Gasteiger partial charge in [-0.25, -0.2) is 4.79 Å². The van der Waals surface area contributed by atoms with E-state index in [1.807, 2.05) is 0 Å². The lowest BCUT2D eigenvalue weighted by molar-refractivity contribution is -0.152. The van der Waals surface area contributed by atoms with Crippen LogP contribution in [0.15, 0.2) is 0 Å². The van der Waals surface area contributed by atoms with Gasteiger partial charge in [0.2, 0.25) is 0 Å². The minimum atomic E-state index is -1.79. The second-order valence-corrected chi connectivity index (χ2v) is 5.18. The van der Waals surface area contributed by atoms with Crippen LogP contribution in [0.3, 0.4) is 0 Å². The van der Waals surface area contributed by atoms with E-state index in [1.165, 1.54) is 0 Å². The summed E-state index contributed by atoms with van der Waals surface area (Å²) in [6, 6.07) is 2.00. The third kappa shape index (κ3) is 10.5. The first-order valence-electron chi connectivity index (χ1n) is 6.40. The van der Waals surface area contributed by atoms with Gasteiger partial charge in [0, 0.05) is 18.1 Å². The number of rotatable bonds is 6. The minimum Gasteiger partial charge on any atom is -0.481 e. The van der Waals surface area contributed by atoms with Crippen LogP contribution in [-0.2, 0) is 9.59 Å². The lowest BCUT2D eigenvalue weighted by Gasteiger charge is -2.34. The summed E-state index contributed by atoms with van der Waals surface area (Å²) in [5.41, 5.74) is 0. The monoisotopic (exact) mass is 277 g/mol. The predicted octanol–water partition coefficient (Wildman–Crippen LogP) is 1.42. The summed E-state index contributed by atoms with van der Waals surface area (Å²) in [5.74, 6) is -2.85. The number of hydrogen-bond acceptors (Lipinski definition) is 4. The number of carboxylic acids is 2. The average molecular weight is 277 g/mol. The SMILES string of the molecule is CC(C)N(C(C)C)C(C)C.O=C(O)CC(O)C(=O)O. The molecular formula is C13H27NO5. The van der Waals surface area contributed by atoms with E-state index in [2.05, 4.69) is 46.4 Å². The lowest BCUT2D eigenvalue weighted by Crippen LogP contribution is -2.42. The van der Waals surface area contributed by atoms with Gasteiger partial charge in [-0.15, -0.1) is 0 Å². The Kier molecular flexibility index (Phi) is 10.4. The third-order valence-electron chi connectivity index (χ3n) is 2.44. The van der Waals surface area contributed by atoms with Gasteiger partial charge in [-0.3, -0.25) is 9.69 Å². The normalized spacial score (nSPS) is 12.6. The van der Waals surface area contributed by atoms with Gasteiger partial charge in [0.05, 0.1) is 6.42 Å². The molecule has 6 heteroatoms. The van der Waals surface area contributed by atoms with Crippen LogP contribution in [0.25, 0.3) is 0 Å². The van der Waals surface area contributed by atoms with E-state index in [4.69, 9.17) is 15.3 Å². The minimum absolute atomic E-state index is 0.667. The molecule has 1 unspecified atom stereocenters. The van der Waals surface area contributed by atoms with E-state index in [-0.39, 0.29) is 0 Å². The Morgan fingerprint density at radius 3 is 1.26 bits per heavy atom. The molecule has 114 valence electrons. The summed E-state index contributed by atoms with van der Waals surface area (Å²) in [6.07, 6.45) is -2.54. The standard InChI is InChI=1S/C9H21N.C4H6O5/c1-7(2)10(8(3)4)9(5)6;5-2(4(8)9)1-3(6)7/h7-9H,1-6H3;2,5H,1H2,(H,6,7)(H,8,9). The summed E-state index contributed by atoms with van der Waals surface area (Å²) in [5, 5.41) is 24.1. The van der Waals surface area contributed by atoms with Crippen LogP contribution in [0.4, 0.5) is 0 Å². The molecule has 6 nitrogen and oxygen atoms in total. The van der Waals surface area contributed by atoms with E-state index < -0.39 is 24.5 Å². The van der Waals surface area contributed by atoms with Crippen molar-refractivity contribution in [2.45, 2.75) is 72.2 Å². The van der Waals surface area contributed by atoms with Crippen LogP contribution in [0.1, 0.15) is 48.0 Å². The first kappa shape index (κ1) is 20.2. The van der Waals surface area contributed by atoms with Crippen molar-refractivity contribution in [3.8, 4) is 0 Å². The van der Waals surface area contributed by atoms with Crippen molar-refractivity contribution >= 4 is 11.9 Å². The molecule has 0 spiro atoms. The summed E-state index contributed by atoms with van der Waals surface area (Å²) >= 11 is 0. The zero-order valence-corrected chi connectivity index (χ0v) is 12.6. The Bertz CT molecular complexity index is 257. The molecule has 0 saturated heterocycles. The Morgan fingerprint density at radius 2 is 1.21 bits per heavy atom. The molecule has 0 aromatic rings. The third-order valence-corrected chi connectivity index (χ3v) is 2.44. The maximum atomic E-state index is 9.72. The van der Waals surface area contributed by atoms with Gasteiger partial charge in [-0.1, -0.05) is 0 Å². The van der Waals surface area contributed by atoms with E-state index in [1.54, 1.807) is 0 Å². The summed E-state index contributed by atoms with van der Waals surface area (Å²) in [7, 11) is 0. The second kappa shape index (κ2) is 9.75. The molecule has 0 bridgehead atoms. The highest BCUT2D eigenvalue weighted by atomic mass is 16.4. The molecule has 1 atom stereocenters. The predicted molar refractivity (Wildman–Crippen MR) is 73.1 cm³/mol. The highest BCUT2D eigenvalue weighted by Crippen LogP contribution is 2.09. The number of hydrogen-bond donors (Lipinski definition) is 3. The molecule has 0 aliphatic heterocycles. The average Bonchev–Trinajstić information content (AvgIpc) is 2.14. The lowest BCUT2D eigenvalue weighted by atomic mass is 10.2. The van der Waals surface area contributed by atoms with Crippen molar-refractivity contribution in [1.29, 1.82) is 0 Å². The molecular weight excluding hydrogens is 250 g/mol. The van der Waals surface area contributed by atoms with Crippen molar-refractivity contribution in [1.82, 2.24) is 4.90 Å². The smallest absolute Gasteiger partial charge is 0.333 e. The zero-order chi connectivity index (χ0) is 15.7. The molecule has 0 aromatic heterocycles. The van der Waals surface area contributed by atoms with Gasteiger partial charge in [-0.05, 0) is 41.5 Å². The number of aliphatic hydroxyl groups is 1. The fourth-order valence-electron chi connectivity index (χ4n) is 2.04. The first-order chi connectivity index (χ1) is 8.50. The Balaban J connectivity index is 0. The van der Waals surface area contributed by atoms with E-state index in [0.717, 1.165) is 0 Å². The molecule has 0 amide bonds. The Morgan fingerprint density at radius 1 is 0.895 bits per heavy atom. The summed E-state index contributed by atoms with van der Waals surface area (Å²) in [4.78, 5) is 21.9. The van der Waals surface area contributed by atoms with E-state index in [9.17, 15) is 9.59 Å². The topological polar surface area (TPSA) is 98.1 Å². The van der Waals surface area contributed by atoms with Gasteiger partial charge in [0.25, 0.3) is 0 Å². The Hall–Kier alpha value is -1.14.